The summed E-state index contributed by atoms with van der Waals surface area (Å²) in [5.41, 5.74) is 3.00. The Bertz CT molecular complexity index is 292. The van der Waals surface area contributed by atoms with Crippen molar-refractivity contribution in [3.8, 4) is 12.3 Å². The van der Waals surface area contributed by atoms with Gasteiger partial charge in [0.15, 0.2) is 0 Å². The molecule has 0 saturated heterocycles. The van der Waals surface area contributed by atoms with E-state index in [1.165, 1.54) is 24.0 Å². The minimum atomic E-state index is 0.701. The highest BCUT2D eigenvalue weighted by atomic mass is 14.2. The van der Waals surface area contributed by atoms with E-state index < -0.39 is 0 Å². The van der Waals surface area contributed by atoms with Crippen molar-refractivity contribution in [2.45, 2.75) is 19.3 Å². The lowest BCUT2D eigenvalue weighted by atomic mass is 10.0. The van der Waals surface area contributed by atoms with Crippen LogP contribution >= 0.6 is 0 Å². The Morgan fingerprint density at radius 1 is 1.25 bits per heavy atom. The second-order valence-electron chi connectivity index (χ2n) is 3.45. The lowest BCUT2D eigenvalue weighted by molar-refractivity contribution is 0.580. The number of benzene rings is 1. The Hall–Kier alpha value is -1.22. The van der Waals surface area contributed by atoms with Gasteiger partial charge in [0, 0.05) is 6.42 Å². The van der Waals surface area contributed by atoms with Gasteiger partial charge in [-0.05, 0) is 29.9 Å². The fourth-order valence-corrected chi connectivity index (χ4v) is 1.96. The molecule has 0 unspecified atom stereocenters. The van der Waals surface area contributed by atoms with E-state index in [1.54, 1.807) is 0 Å². The van der Waals surface area contributed by atoms with E-state index in [2.05, 4.69) is 30.2 Å². The molecule has 60 valence electrons. The van der Waals surface area contributed by atoms with E-state index in [4.69, 9.17) is 6.42 Å². The van der Waals surface area contributed by atoms with E-state index in [1.807, 2.05) is 0 Å². The van der Waals surface area contributed by atoms with Gasteiger partial charge < -0.3 is 0 Å². The Morgan fingerprint density at radius 2 is 1.83 bits per heavy atom. The Morgan fingerprint density at radius 3 is 2.33 bits per heavy atom. The molecule has 0 amide bonds. The zero-order chi connectivity index (χ0) is 8.39. The van der Waals surface area contributed by atoms with Crippen LogP contribution in [0.25, 0.3) is 0 Å². The predicted octanol–water partition coefficient (Wildman–Crippen LogP) is 2.42. The van der Waals surface area contributed by atoms with Crippen LogP contribution in [0, 0.1) is 18.3 Å². The van der Waals surface area contributed by atoms with Gasteiger partial charge in [-0.15, -0.1) is 12.3 Å². The molecule has 1 aromatic carbocycles. The van der Waals surface area contributed by atoms with Crippen LogP contribution in [0.1, 0.15) is 17.5 Å². The monoisotopic (exact) mass is 156 g/mol. The van der Waals surface area contributed by atoms with Crippen LogP contribution in [0.5, 0.6) is 0 Å². The number of hydrogen-bond acceptors (Lipinski definition) is 0. The van der Waals surface area contributed by atoms with E-state index in [0.717, 1.165) is 6.42 Å². The molecule has 12 heavy (non-hydrogen) atoms. The first-order valence-electron chi connectivity index (χ1n) is 4.40. The van der Waals surface area contributed by atoms with Gasteiger partial charge in [0.05, 0.1) is 0 Å². The summed E-state index contributed by atoms with van der Waals surface area (Å²) in [6, 6.07) is 8.64. The molecule has 0 N–H and O–H groups in total. The zero-order valence-electron chi connectivity index (χ0n) is 7.09. The van der Waals surface area contributed by atoms with E-state index in [9.17, 15) is 0 Å². The molecule has 0 radical (unpaired) electrons. The molecule has 1 aromatic rings. The van der Waals surface area contributed by atoms with Crippen LogP contribution in [0.4, 0.5) is 0 Å². The first-order valence-corrected chi connectivity index (χ1v) is 4.40. The summed E-state index contributed by atoms with van der Waals surface area (Å²) < 4.78 is 0. The summed E-state index contributed by atoms with van der Waals surface area (Å²) in [6.07, 6.45) is 8.58. The van der Waals surface area contributed by atoms with Crippen molar-refractivity contribution in [3.63, 3.8) is 0 Å². The standard InChI is InChI=1S/C12H12/c1-2-5-10-8-11-6-3-4-7-12(11)9-10/h1,3-4,6-7,10H,5,8-9H2. The minimum absolute atomic E-state index is 0.701. The molecular formula is C12H12. The summed E-state index contributed by atoms with van der Waals surface area (Å²) in [4.78, 5) is 0. The average Bonchev–Trinajstić information content (AvgIpc) is 2.47. The molecular weight excluding hydrogens is 144 g/mol. The smallest absolute Gasteiger partial charge is 0.0121 e. The van der Waals surface area contributed by atoms with Crippen LogP contribution in [0.3, 0.4) is 0 Å². The van der Waals surface area contributed by atoms with E-state index in [-0.39, 0.29) is 0 Å². The van der Waals surface area contributed by atoms with Crippen molar-refractivity contribution < 1.29 is 0 Å². The van der Waals surface area contributed by atoms with Gasteiger partial charge in [-0.25, -0.2) is 0 Å². The minimum Gasteiger partial charge on any atom is -0.120 e. The van der Waals surface area contributed by atoms with Gasteiger partial charge in [-0.1, -0.05) is 24.3 Å². The highest BCUT2D eigenvalue weighted by Gasteiger charge is 2.19. The maximum absolute atomic E-state index is 5.29. The fraction of sp³-hybridized carbons (Fsp3) is 0.333. The topological polar surface area (TPSA) is 0 Å². The Labute approximate surface area is 73.6 Å². The third-order valence-electron chi connectivity index (χ3n) is 2.54. The lowest BCUT2D eigenvalue weighted by Crippen LogP contribution is -1.96. The molecule has 0 nitrogen and oxygen atoms in total. The molecule has 0 saturated carbocycles. The third kappa shape index (κ3) is 1.23. The molecule has 0 aliphatic heterocycles. The average molecular weight is 156 g/mol. The quantitative estimate of drug-likeness (QED) is 0.548. The molecule has 0 heteroatoms. The Kier molecular flexibility index (Phi) is 1.87. The third-order valence-corrected chi connectivity index (χ3v) is 2.54. The van der Waals surface area contributed by atoms with Crippen molar-refractivity contribution in [3.05, 3.63) is 35.4 Å². The normalized spacial score (nSPS) is 15.6. The molecule has 0 bridgehead atoms. The molecule has 0 aromatic heterocycles. The molecule has 1 aliphatic carbocycles. The molecule has 2 rings (SSSR count). The second kappa shape index (κ2) is 3.03. The van der Waals surface area contributed by atoms with Crippen LogP contribution in [-0.2, 0) is 12.8 Å². The van der Waals surface area contributed by atoms with Crippen molar-refractivity contribution in [1.82, 2.24) is 0 Å². The SMILES string of the molecule is C#CCC1Cc2ccccc2C1. The van der Waals surface area contributed by atoms with Gasteiger partial charge in [0.25, 0.3) is 0 Å². The first kappa shape index (κ1) is 7.43. The summed E-state index contributed by atoms with van der Waals surface area (Å²) in [6.45, 7) is 0. The molecule has 0 fully saturated rings. The van der Waals surface area contributed by atoms with Crippen molar-refractivity contribution in [1.29, 1.82) is 0 Å². The summed E-state index contributed by atoms with van der Waals surface area (Å²) in [5.74, 6) is 3.45. The summed E-state index contributed by atoms with van der Waals surface area (Å²) in [7, 11) is 0. The first-order chi connectivity index (χ1) is 5.90. The lowest BCUT2D eigenvalue weighted by Gasteiger charge is -2.00. The Balaban J connectivity index is 2.18. The van der Waals surface area contributed by atoms with Crippen LogP contribution < -0.4 is 0 Å². The highest BCUT2D eigenvalue weighted by molar-refractivity contribution is 5.32. The molecule has 0 atom stereocenters. The molecule has 0 heterocycles. The number of rotatable bonds is 1. The maximum atomic E-state index is 5.29. The fourth-order valence-electron chi connectivity index (χ4n) is 1.96. The maximum Gasteiger partial charge on any atom is 0.0121 e. The van der Waals surface area contributed by atoms with Gasteiger partial charge in [0.1, 0.15) is 0 Å². The molecule has 1 aliphatic rings. The van der Waals surface area contributed by atoms with Gasteiger partial charge in [0.2, 0.25) is 0 Å². The largest absolute Gasteiger partial charge is 0.120 e. The summed E-state index contributed by atoms with van der Waals surface area (Å²) >= 11 is 0. The predicted molar refractivity (Wildman–Crippen MR) is 50.8 cm³/mol. The van der Waals surface area contributed by atoms with Gasteiger partial charge in [-0.3, -0.25) is 0 Å². The number of terminal acetylenes is 1. The highest BCUT2D eigenvalue weighted by Crippen LogP contribution is 2.27. The van der Waals surface area contributed by atoms with Gasteiger partial charge >= 0.3 is 0 Å². The number of fused-ring (bicyclic) bond motifs is 1. The summed E-state index contributed by atoms with van der Waals surface area (Å²) in [5, 5.41) is 0. The van der Waals surface area contributed by atoms with Crippen molar-refractivity contribution in [2.75, 3.05) is 0 Å². The van der Waals surface area contributed by atoms with E-state index >= 15 is 0 Å². The van der Waals surface area contributed by atoms with Crippen molar-refractivity contribution >= 4 is 0 Å². The van der Waals surface area contributed by atoms with Crippen LogP contribution in [0.2, 0.25) is 0 Å². The van der Waals surface area contributed by atoms with E-state index in [0.29, 0.717) is 5.92 Å². The van der Waals surface area contributed by atoms with Crippen LogP contribution in [-0.4, -0.2) is 0 Å². The van der Waals surface area contributed by atoms with Crippen molar-refractivity contribution in [2.24, 2.45) is 5.92 Å². The zero-order valence-corrected chi connectivity index (χ0v) is 7.09. The van der Waals surface area contributed by atoms with Crippen LogP contribution in [0.15, 0.2) is 24.3 Å². The molecule has 0 spiro atoms. The number of hydrogen-bond donors (Lipinski definition) is 0. The van der Waals surface area contributed by atoms with Gasteiger partial charge in [-0.2, -0.15) is 0 Å². The second-order valence-corrected chi connectivity index (χ2v) is 3.45.